The number of ether oxygens (including phenoxy) is 2. The molecule has 0 aliphatic carbocycles. The number of thioether (sulfide) groups is 1. The fourth-order valence-electron chi connectivity index (χ4n) is 4.90. The number of nitrogens with zero attached hydrogens (tertiary/aromatic N) is 3. The van der Waals surface area contributed by atoms with E-state index < -0.39 is 5.97 Å². The minimum absolute atomic E-state index is 0.0587. The second-order valence-electron chi connectivity index (χ2n) is 10.6. The summed E-state index contributed by atoms with van der Waals surface area (Å²) in [5.41, 5.74) is 3.29. The fraction of sp³-hybridized carbons (Fsp3) is 0.645. The van der Waals surface area contributed by atoms with Gasteiger partial charge >= 0.3 is 5.97 Å². The highest BCUT2D eigenvalue weighted by Gasteiger charge is 2.17. The van der Waals surface area contributed by atoms with Gasteiger partial charge in [-0.3, -0.25) is 9.59 Å². The van der Waals surface area contributed by atoms with E-state index in [0.29, 0.717) is 38.6 Å². The van der Waals surface area contributed by atoms with Gasteiger partial charge in [-0.05, 0) is 61.5 Å². The number of unbranched alkanes of at least 4 members (excludes halogenated alkanes) is 3. The van der Waals surface area contributed by atoms with Gasteiger partial charge in [-0.25, -0.2) is 15.0 Å². The molecule has 0 aromatic carbocycles. The number of carboxylic acid groups (broad SMARTS) is 1. The summed E-state index contributed by atoms with van der Waals surface area (Å²) in [5, 5.41) is 15.7. The zero-order valence-electron chi connectivity index (χ0n) is 24.9. The van der Waals surface area contributed by atoms with Crippen molar-refractivity contribution in [3.05, 3.63) is 47.2 Å². The van der Waals surface area contributed by atoms with Crippen LogP contribution in [0.3, 0.4) is 0 Å². The van der Waals surface area contributed by atoms with Crippen molar-refractivity contribution >= 4 is 29.5 Å². The summed E-state index contributed by atoms with van der Waals surface area (Å²) in [6.45, 7) is 3.68. The Morgan fingerprint density at radius 2 is 1.83 bits per heavy atom. The number of aromatic nitrogens is 3. The number of aryl methyl sites for hydroxylation is 3. The number of carboxylic acids is 1. The molecule has 3 rings (SSSR count). The van der Waals surface area contributed by atoms with Crippen molar-refractivity contribution in [2.45, 2.75) is 76.5 Å². The first-order valence-corrected chi connectivity index (χ1v) is 16.6. The molecule has 3 N–H and O–H groups in total. The van der Waals surface area contributed by atoms with Crippen LogP contribution in [-0.4, -0.2) is 83.5 Å². The van der Waals surface area contributed by atoms with Gasteiger partial charge in [-0.1, -0.05) is 25.3 Å². The molecule has 1 amide bonds. The number of anilines is 1. The van der Waals surface area contributed by atoms with Gasteiger partial charge < -0.3 is 25.2 Å². The molecule has 0 saturated heterocycles. The normalized spacial score (nSPS) is 13.3. The molecule has 11 heteroatoms. The molecule has 1 atom stereocenters. The Morgan fingerprint density at radius 3 is 2.62 bits per heavy atom. The number of pyridine rings is 1. The molecule has 0 saturated carbocycles. The summed E-state index contributed by atoms with van der Waals surface area (Å²) in [4.78, 5) is 37.2. The molecule has 3 heterocycles. The first-order valence-electron chi connectivity index (χ1n) is 15.2. The van der Waals surface area contributed by atoms with Crippen LogP contribution in [0.5, 0.6) is 0 Å². The van der Waals surface area contributed by atoms with Crippen LogP contribution in [0.2, 0.25) is 0 Å². The Morgan fingerprint density at radius 1 is 1.05 bits per heavy atom. The Balaban J connectivity index is 1.30. The highest BCUT2D eigenvalue weighted by Crippen LogP contribution is 2.26. The van der Waals surface area contributed by atoms with Crippen LogP contribution in [0.25, 0.3) is 0 Å². The predicted octanol–water partition coefficient (Wildman–Crippen LogP) is 4.43. The van der Waals surface area contributed by atoms with E-state index in [1.807, 2.05) is 6.26 Å². The maximum Gasteiger partial charge on any atom is 0.303 e. The molecule has 0 bridgehead atoms. The van der Waals surface area contributed by atoms with Gasteiger partial charge in [0.05, 0.1) is 32.8 Å². The van der Waals surface area contributed by atoms with Crippen LogP contribution in [0.15, 0.2) is 24.5 Å². The van der Waals surface area contributed by atoms with Crippen molar-refractivity contribution < 1.29 is 24.2 Å². The average molecular weight is 602 g/mol. The smallest absolute Gasteiger partial charge is 0.303 e. The van der Waals surface area contributed by atoms with Crippen LogP contribution in [0.4, 0.5) is 5.82 Å². The van der Waals surface area contributed by atoms with E-state index in [0.717, 1.165) is 80.9 Å². The third kappa shape index (κ3) is 13.5. The fourth-order valence-corrected chi connectivity index (χ4v) is 5.19. The summed E-state index contributed by atoms with van der Waals surface area (Å²) in [6.07, 6.45) is 14.4. The van der Waals surface area contributed by atoms with Crippen molar-refractivity contribution in [2.75, 3.05) is 56.8 Å². The molecule has 1 aliphatic heterocycles. The molecule has 2 aromatic heterocycles. The lowest BCUT2D eigenvalue weighted by atomic mass is 9.92. The SMILES string of the molecule is CSCCOCCOCCNC(=O)CCc1ncc([C@@H](CCCCCCc2ccc3c(n2)NCCC3)CC(=O)O)cn1. The van der Waals surface area contributed by atoms with Gasteiger partial charge in [0, 0.05) is 49.8 Å². The van der Waals surface area contributed by atoms with Gasteiger partial charge in [-0.2, -0.15) is 11.8 Å². The topological polar surface area (TPSA) is 136 Å². The molecule has 10 nitrogen and oxygen atoms in total. The van der Waals surface area contributed by atoms with Crippen LogP contribution in [0.1, 0.15) is 79.9 Å². The van der Waals surface area contributed by atoms with E-state index in [1.165, 1.54) is 12.0 Å². The van der Waals surface area contributed by atoms with E-state index in [-0.39, 0.29) is 24.7 Å². The highest BCUT2D eigenvalue weighted by atomic mass is 32.2. The molecular weight excluding hydrogens is 554 g/mol. The lowest BCUT2D eigenvalue weighted by molar-refractivity contribution is -0.137. The standard InChI is InChI=1S/C31H47N5O5S/c1-42-20-19-41-18-17-40-16-15-32-29(37)13-12-28-34-22-26(23-35-28)25(21-30(38)39)7-4-2-3-5-9-27-11-10-24-8-6-14-33-31(24)36-27/h10-11,22-23,25H,2-9,12-21H2,1H3,(H,32,37)(H,33,36)(H,38,39)/t25-/m0/s1. The molecule has 2 aromatic rings. The summed E-state index contributed by atoms with van der Waals surface area (Å²) in [7, 11) is 0. The van der Waals surface area contributed by atoms with E-state index in [2.05, 4.69) is 32.7 Å². The van der Waals surface area contributed by atoms with Crippen LogP contribution >= 0.6 is 11.8 Å². The van der Waals surface area contributed by atoms with Crippen molar-refractivity contribution in [3.63, 3.8) is 0 Å². The third-order valence-corrected chi connectivity index (χ3v) is 7.83. The summed E-state index contributed by atoms with van der Waals surface area (Å²) < 4.78 is 10.9. The average Bonchev–Trinajstić information content (AvgIpc) is 3.00. The Hall–Kier alpha value is -2.76. The number of hydrogen-bond donors (Lipinski definition) is 3. The van der Waals surface area contributed by atoms with Crippen LogP contribution in [0, 0.1) is 0 Å². The van der Waals surface area contributed by atoms with E-state index in [9.17, 15) is 14.7 Å². The van der Waals surface area contributed by atoms with Crippen molar-refractivity contribution in [1.82, 2.24) is 20.3 Å². The third-order valence-electron chi connectivity index (χ3n) is 7.25. The maximum absolute atomic E-state index is 12.1. The minimum atomic E-state index is -0.820. The Bertz CT molecular complexity index is 1070. The van der Waals surface area contributed by atoms with Gasteiger partial charge in [0.15, 0.2) is 0 Å². The van der Waals surface area contributed by atoms with Gasteiger partial charge in [0.25, 0.3) is 0 Å². The predicted molar refractivity (Wildman–Crippen MR) is 166 cm³/mol. The lowest BCUT2D eigenvalue weighted by Crippen LogP contribution is -2.28. The largest absolute Gasteiger partial charge is 0.481 e. The molecule has 0 spiro atoms. The molecule has 42 heavy (non-hydrogen) atoms. The molecule has 0 radical (unpaired) electrons. The van der Waals surface area contributed by atoms with Crippen LogP contribution < -0.4 is 10.6 Å². The van der Waals surface area contributed by atoms with Gasteiger partial charge in [0.2, 0.25) is 5.91 Å². The van der Waals surface area contributed by atoms with E-state index >= 15 is 0 Å². The number of rotatable bonds is 22. The first kappa shape index (κ1) is 33.7. The number of nitrogens with one attached hydrogen (secondary N) is 2. The monoisotopic (exact) mass is 601 g/mol. The summed E-state index contributed by atoms with van der Waals surface area (Å²) in [6, 6.07) is 4.35. The quantitative estimate of drug-likeness (QED) is 0.166. The van der Waals surface area contributed by atoms with Gasteiger partial charge in [0.1, 0.15) is 11.6 Å². The molecular formula is C31H47N5O5S. The second-order valence-corrected chi connectivity index (χ2v) is 11.6. The second kappa shape index (κ2) is 20.2. The van der Waals surface area contributed by atoms with Crippen molar-refractivity contribution in [3.8, 4) is 0 Å². The lowest BCUT2D eigenvalue weighted by Gasteiger charge is -2.17. The number of amides is 1. The highest BCUT2D eigenvalue weighted by molar-refractivity contribution is 7.98. The molecule has 1 aliphatic rings. The maximum atomic E-state index is 12.1. The summed E-state index contributed by atoms with van der Waals surface area (Å²) in [5.74, 6) is 1.58. The van der Waals surface area contributed by atoms with E-state index in [1.54, 1.807) is 24.2 Å². The van der Waals surface area contributed by atoms with Crippen LogP contribution in [-0.2, 0) is 38.3 Å². The molecule has 232 valence electrons. The minimum Gasteiger partial charge on any atom is -0.481 e. The first-order chi connectivity index (χ1) is 20.5. The Labute approximate surface area is 254 Å². The number of hydrogen-bond acceptors (Lipinski definition) is 9. The zero-order valence-corrected chi connectivity index (χ0v) is 25.8. The van der Waals surface area contributed by atoms with Gasteiger partial charge in [-0.15, -0.1) is 0 Å². The number of fused-ring (bicyclic) bond motifs is 1. The number of carbonyl (C=O) groups is 2. The summed E-state index contributed by atoms with van der Waals surface area (Å²) >= 11 is 1.74. The molecule has 0 fully saturated rings. The number of carbonyl (C=O) groups excluding carboxylic acids is 1. The van der Waals surface area contributed by atoms with Crippen molar-refractivity contribution in [1.29, 1.82) is 0 Å². The zero-order chi connectivity index (χ0) is 29.8. The molecule has 0 unspecified atom stereocenters. The van der Waals surface area contributed by atoms with Crippen molar-refractivity contribution in [2.24, 2.45) is 0 Å². The number of aliphatic carboxylic acids is 1. The van der Waals surface area contributed by atoms with E-state index in [4.69, 9.17) is 14.5 Å². The Kier molecular flexibility index (Phi) is 16.2.